The van der Waals surface area contributed by atoms with Crippen LogP contribution in [0.5, 0.6) is 0 Å². The zero-order chi connectivity index (χ0) is 18.8. The first-order valence-electron chi connectivity index (χ1n) is 8.45. The number of benzene rings is 1. The normalized spacial score (nSPS) is 16.7. The molecule has 0 amide bonds. The second-order valence-corrected chi connectivity index (χ2v) is 8.16. The quantitative estimate of drug-likeness (QED) is 0.775. The van der Waals surface area contributed by atoms with Gasteiger partial charge in [-0.1, -0.05) is 11.8 Å². The number of H-pyrrole nitrogens is 1. The lowest BCUT2D eigenvalue weighted by Crippen LogP contribution is -2.23. The highest BCUT2D eigenvalue weighted by atomic mass is 32.2. The van der Waals surface area contributed by atoms with Crippen LogP contribution in [0.15, 0.2) is 18.3 Å². The number of halogens is 2. The van der Waals surface area contributed by atoms with Gasteiger partial charge in [-0.2, -0.15) is 0 Å². The van der Waals surface area contributed by atoms with Crippen LogP contribution in [0.4, 0.5) is 8.78 Å². The van der Waals surface area contributed by atoms with Crippen molar-refractivity contribution < 1.29 is 13.6 Å². The minimum absolute atomic E-state index is 0.0459. The van der Waals surface area contributed by atoms with E-state index in [2.05, 4.69) is 4.98 Å². The summed E-state index contributed by atoms with van der Waals surface area (Å²) in [4.78, 5) is 17.6. The fourth-order valence-electron chi connectivity index (χ4n) is 3.30. The molecule has 1 N–H and O–H groups in total. The Labute approximate surface area is 160 Å². The lowest BCUT2D eigenvalue weighted by molar-refractivity contribution is 0.107. The van der Waals surface area contributed by atoms with E-state index < -0.39 is 11.6 Å². The summed E-state index contributed by atoms with van der Waals surface area (Å²) in [5, 5.41) is -0.0459. The predicted molar refractivity (Wildman–Crippen MR) is 102 cm³/mol. The first kappa shape index (κ1) is 19.3. The Morgan fingerprint density at radius 3 is 2.92 bits per heavy atom. The molecule has 26 heavy (non-hydrogen) atoms. The molecule has 1 heterocycles. The lowest BCUT2D eigenvalue weighted by Gasteiger charge is -2.27. The molecule has 1 aliphatic carbocycles. The zero-order valence-corrected chi connectivity index (χ0v) is 16.4. The summed E-state index contributed by atoms with van der Waals surface area (Å²) in [7, 11) is 3.92. The van der Waals surface area contributed by atoms with Gasteiger partial charge < -0.3 is 14.5 Å². The average Bonchev–Trinajstić information content (AvgIpc) is 2.95. The van der Waals surface area contributed by atoms with Gasteiger partial charge in [-0.15, -0.1) is 0 Å². The van der Waals surface area contributed by atoms with Crippen LogP contribution < -0.4 is 0 Å². The van der Waals surface area contributed by atoms with E-state index >= 15 is 0 Å². The molecule has 3 rings (SSSR count). The van der Waals surface area contributed by atoms with Crippen molar-refractivity contribution in [3.63, 3.8) is 0 Å². The Morgan fingerprint density at radius 1 is 1.42 bits per heavy atom. The molecule has 8 heteroatoms. The SMILES string of the molecule is CN(C)CCSC(=O)c1c[nH]c(=S)n1C1CCc2c(F)cc(F)cc2C1. The first-order valence-corrected chi connectivity index (χ1v) is 9.84. The monoisotopic (exact) mass is 397 g/mol. The standard InChI is InChI=1S/C18H21F2N3OS2/c1-22(2)5-6-26-17(24)16-10-21-18(25)23(16)13-3-4-14-11(8-13)7-12(19)9-15(14)20/h7,9-10,13H,3-6,8H2,1-2H3,(H,21,25). The number of fused-ring (bicyclic) bond motifs is 1. The topological polar surface area (TPSA) is 41.0 Å². The van der Waals surface area contributed by atoms with Gasteiger partial charge in [-0.05, 0) is 62.8 Å². The van der Waals surface area contributed by atoms with Crippen LogP contribution in [0.2, 0.25) is 0 Å². The van der Waals surface area contributed by atoms with Crippen molar-refractivity contribution >= 4 is 29.1 Å². The van der Waals surface area contributed by atoms with Gasteiger partial charge in [0.1, 0.15) is 17.3 Å². The molecular weight excluding hydrogens is 376 g/mol. The third kappa shape index (κ3) is 4.07. The molecule has 0 fully saturated rings. The molecule has 1 atom stereocenters. The third-order valence-electron chi connectivity index (χ3n) is 4.59. The van der Waals surface area contributed by atoms with E-state index in [4.69, 9.17) is 12.2 Å². The summed E-state index contributed by atoms with van der Waals surface area (Å²) in [6, 6.07) is 2.22. The fourth-order valence-corrected chi connectivity index (χ4v) is 4.55. The van der Waals surface area contributed by atoms with Crippen LogP contribution in [-0.2, 0) is 12.8 Å². The minimum Gasteiger partial charge on any atom is -0.337 e. The Morgan fingerprint density at radius 2 is 2.19 bits per heavy atom. The van der Waals surface area contributed by atoms with E-state index in [1.165, 1.54) is 17.8 Å². The zero-order valence-electron chi connectivity index (χ0n) is 14.7. The van der Waals surface area contributed by atoms with Gasteiger partial charge in [0.05, 0.1) is 0 Å². The highest BCUT2D eigenvalue weighted by Gasteiger charge is 2.27. The number of imidazole rings is 1. The van der Waals surface area contributed by atoms with Crippen LogP contribution >= 0.6 is 24.0 Å². The smallest absolute Gasteiger partial charge is 0.237 e. The molecular formula is C18H21F2N3OS2. The van der Waals surface area contributed by atoms with Crippen LogP contribution in [0.25, 0.3) is 0 Å². The molecule has 0 saturated carbocycles. The van der Waals surface area contributed by atoms with E-state index in [9.17, 15) is 13.6 Å². The molecule has 1 aliphatic rings. The molecule has 1 aromatic carbocycles. The van der Waals surface area contributed by atoms with Crippen molar-refractivity contribution in [1.82, 2.24) is 14.5 Å². The van der Waals surface area contributed by atoms with E-state index in [1.54, 1.807) is 6.20 Å². The first-order chi connectivity index (χ1) is 12.4. The number of carbonyl (C=O) groups is 1. The molecule has 0 saturated heterocycles. The highest BCUT2D eigenvalue weighted by molar-refractivity contribution is 8.14. The van der Waals surface area contributed by atoms with Crippen molar-refractivity contribution in [2.24, 2.45) is 0 Å². The van der Waals surface area contributed by atoms with Gasteiger partial charge in [0.25, 0.3) is 0 Å². The summed E-state index contributed by atoms with van der Waals surface area (Å²) in [6.07, 6.45) is 3.25. The summed E-state index contributed by atoms with van der Waals surface area (Å²) in [6.45, 7) is 0.802. The van der Waals surface area contributed by atoms with Crippen LogP contribution in [0, 0.1) is 16.4 Å². The van der Waals surface area contributed by atoms with Gasteiger partial charge in [0, 0.05) is 30.6 Å². The molecule has 0 spiro atoms. The average molecular weight is 398 g/mol. The number of hydrogen-bond acceptors (Lipinski definition) is 4. The number of carbonyl (C=O) groups excluding carboxylic acids is 1. The Balaban J connectivity index is 1.83. The van der Waals surface area contributed by atoms with Gasteiger partial charge in [0.2, 0.25) is 5.12 Å². The van der Waals surface area contributed by atoms with E-state index in [0.29, 0.717) is 46.6 Å². The molecule has 140 valence electrons. The summed E-state index contributed by atoms with van der Waals surface area (Å²) in [5.41, 5.74) is 1.74. The van der Waals surface area contributed by atoms with Gasteiger partial charge in [-0.25, -0.2) is 8.78 Å². The Hall–Kier alpha value is -1.51. The molecule has 1 aromatic heterocycles. The fraction of sp³-hybridized carbons (Fsp3) is 0.444. The summed E-state index contributed by atoms with van der Waals surface area (Å²) < 4.78 is 29.8. The number of hydrogen-bond donors (Lipinski definition) is 1. The number of nitrogens with zero attached hydrogens (tertiary/aromatic N) is 2. The number of aromatic nitrogens is 2. The highest BCUT2D eigenvalue weighted by Crippen LogP contribution is 2.32. The number of aromatic amines is 1. The molecule has 2 aromatic rings. The third-order valence-corrected chi connectivity index (χ3v) is 5.76. The second-order valence-electron chi connectivity index (χ2n) is 6.71. The Kier molecular flexibility index (Phi) is 5.94. The molecule has 1 unspecified atom stereocenters. The minimum atomic E-state index is -0.574. The van der Waals surface area contributed by atoms with Crippen molar-refractivity contribution in [2.45, 2.75) is 25.3 Å². The maximum Gasteiger partial charge on any atom is 0.237 e. The van der Waals surface area contributed by atoms with Gasteiger partial charge in [-0.3, -0.25) is 4.79 Å². The summed E-state index contributed by atoms with van der Waals surface area (Å²) in [5.74, 6) is -0.380. The number of rotatable bonds is 5. The maximum atomic E-state index is 14.0. The van der Waals surface area contributed by atoms with Crippen LogP contribution in [0.3, 0.4) is 0 Å². The molecule has 0 aliphatic heterocycles. The van der Waals surface area contributed by atoms with E-state index in [0.717, 1.165) is 12.6 Å². The largest absolute Gasteiger partial charge is 0.337 e. The number of thioether (sulfide) groups is 1. The van der Waals surface area contributed by atoms with E-state index in [-0.39, 0.29) is 11.2 Å². The predicted octanol–water partition coefficient (Wildman–Crippen LogP) is 3.99. The van der Waals surface area contributed by atoms with Crippen LogP contribution in [-0.4, -0.2) is 46.0 Å². The van der Waals surface area contributed by atoms with Crippen molar-refractivity contribution in [3.8, 4) is 0 Å². The van der Waals surface area contributed by atoms with E-state index in [1.807, 2.05) is 23.6 Å². The van der Waals surface area contributed by atoms with Crippen molar-refractivity contribution in [3.05, 3.63) is 51.6 Å². The number of nitrogens with one attached hydrogen (secondary N) is 1. The van der Waals surface area contributed by atoms with Crippen LogP contribution in [0.1, 0.15) is 34.1 Å². The molecule has 0 bridgehead atoms. The Bertz CT molecular complexity index is 876. The molecule has 0 radical (unpaired) electrons. The summed E-state index contributed by atoms with van der Waals surface area (Å²) >= 11 is 6.62. The maximum absolute atomic E-state index is 14.0. The van der Waals surface area contributed by atoms with Crippen molar-refractivity contribution in [2.75, 3.05) is 26.4 Å². The lowest BCUT2D eigenvalue weighted by atomic mass is 9.87. The van der Waals surface area contributed by atoms with Crippen molar-refractivity contribution in [1.29, 1.82) is 0 Å². The molecule has 4 nitrogen and oxygen atoms in total. The van der Waals surface area contributed by atoms with Gasteiger partial charge >= 0.3 is 0 Å². The second kappa shape index (κ2) is 8.02. The van der Waals surface area contributed by atoms with Gasteiger partial charge in [0.15, 0.2) is 4.77 Å².